The van der Waals surface area contributed by atoms with Gasteiger partial charge in [0.1, 0.15) is 29.2 Å². The first kappa shape index (κ1) is 16.8. The van der Waals surface area contributed by atoms with E-state index in [1.807, 2.05) is 19.1 Å². The minimum atomic E-state index is -0.520. The molecular weight excluding hydrogens is 304 g/mol. The summed E-state index contributed by atoms with van der Waals surface area (Å²) in [5.74, 6) is 0.437. The second kappa shape index (κ2) is 8.17. The summed E-state index contributed by atoms with van der Waals surface area (Å²) in [6.45, 7) is 1.77. The number of esters is 1. The molecule has 5 nitrogen and oxygen atoms in total. The van der Waals surface area contributed by atoms with Crippen LogP contribution in [0.1, 0.15) is 11.1 Å². The van der Waals surface area contributed by atoms with Crippen molar-refractivity contribution >= 4 is 12.0 Å². The minimum absolute atomic E-state index is 0.00578. The van der Waals surface area contributed by atoms with Gasteiger partial charge in [-0.1, -0.05) is 29.8 Å². The van der Waals surface area contributed by atoms with Crippen molar-refractivity contribution in [2.75, 3.05) is 6.61 Å². The number of nitrogens with zero attached hydrogens (tertiary/aromatic N) is 2. The number of aryl methyl sites for hydroxylation is 1. The van der Waals surface area contributed by atoms with Gasteiger partial charge in [0, 0.05) is 0 Å². The highest BCUT2D eigenvalue weighted by Gasteiger charge is 2.06. The van der Waals surface area contributed by atoms with E-state index in [2.05, 4.69) is 0 Å². The summed E-state index contributed by atoms with van der Waals surface area (Å²) in [6.07, 6.45) is 1.45. The standard InChI is InChI=1S/C19H14N2O3/c1-14-2-6-17(7-3-14)23-13-19(22)24-18-8-4-15(5-9-18)10-16(11-20)12-21/h2-10H,13H2,1H3. The second-order valence-corrected chi connectivity index (χ2v) is 4.93. The summed E-state index contributed by atoms with van der Waals surface area (Å²) in [4.78, 5) is 11.8. The molecule has 2 aromatic carbocycles. The van der Waals surface area contributed by atoms with Gasteiger partial charge in [-0.25, -0.2) is 4.79 Å². The highest BCUT2D eigenvalue weighted by Crippen LogP contribution is 2.15. The molecule has 5 heteroatoms. The average Bonchev–Trinajstić information content (AvgIpc) is 2.60. The van der Waals surface area contributed by atoms with Gasteiger partial charge in [-0.2, -0.15) is 10.5 Å². The Labute approximate surface area is 140 Å². The molecule has 2 aromatic rings. The maximum Gasteiger partial charge on any atom is 0.349 e. The molecule has 0 heterocycles. The van der Waals surface area contributed by atoms with Gasteiger partial charge in [-0.15, -0.1) is 0 Å². The SMILES string of the molecule is Cc1ccc(OCC(=O)Oc2ccc(C=C(C#N)C#N)cc2)cc1. The zero-order chi connectivity index (χ0) is 17.4. The van der Waals surface area contributed by atoms with Gasteiger partial charge in [-0.05, 0) is 42.8 Å². The van der Waals surface area contributed by atoms with Gasteiger partial charge >= 0.3 is 5.97 Å². The maximum atomic E-state index is 11.8. The first-order chi connectivity index (χ1) is 11.6. The van der Waals surface area contributed by atoms with E-state index >= 15 is 0 Å². The molecule has 0 atom stereocenters. The lowest BCUT2D eigenvalue weighted by Gasteiger charge is -2.07. The van der Waals surface area contributed by atoms with Crippen molar-refractivity contribution in [3.8, 4) is 23.6 Å². The lowest BCUT2D eigenvalue weighted by atomic mass is 10.1. The largest absolute Gasteiger partial charge is 0.482 e. The molecule has 0 spiro atoms. The van der Waals surface area contributed by atoms with Crippen LogP contribution in [0.3, 0.4) is 0 Å². The number of carbonyl (C=O) groups excluding carboxylic acids is 1. The van der Waals surface area contributed by atoms with Crippen molar-refractivity contribution < 1.29 is 14.3 Å². The van der Waals surface area contributed by atoms with Gasteiger partial charge in [0.2, 0.25) is 0 Å². The summed E-state index contributed by atoms with van der Waals surface area (Å²) < 4.78 is 10.5. The number of carbonyl (C=O) groups is 1. The van der Waals surface area contributed by atoms with Crippen LogP contribution in [-0.2, 0) is 4.79 Å². The highest BCUT2D eigenvalue weighted by molar-refractivity contribution is 5.74. The van der Waals surface area contributed by atoms with E-state index in [0.717, 1.165) is 5.56 Å². The molecule has 0 saturated heterocycles. The fraction of sp³-hybridized carbons (Fsp3) is 0.105. The molecule has 0 aliphatic heterocycles. The van der Waals surface area contributed by atoms with Crippen LogP contribution in [0.2, 0.25) is 0 Å². The number of ether oxygens (including phenoxy) is 2. The fourth-order valence-electron chi connectivity index (χ4n) is 1.83. The normalized spacial score (nSPS) is 9.29. The van der Waals surface area contributed by atoms with Crippen molar-refractivity contribution in [2.24, 2.45) is 0 Å². The summed E-state index contributed by atoms with van der Waals surface area (Å²) in [5.41, 5.74) is 1.78. The molecule has 0 bridgehead atoms. The monoisotopic (exact) mass is 318 g/mol. The third kappa shape index (κ3) is 5.01. The summed E-state index contributed by atoms with van der Waals surface area (Å²) in [6, 6.07) is 17.4. The van der Waals surface area contributed by atoms with Crippen molar-refractivity contribution in [1.82, 2.24) is 0 Å². The quantitative estimate of drug-likeness (QED) is 0.479. The molecule has 0 radical (unpaired) electrons. The van der Waals surface area contributed by atoms with E-state index < -0.39 is 5.97 Å². The zero-order valence-electron chi connectivity index (χ0n) is 13.0. The van der Waals surface area contributed by atoms with Crippen molar-refractivity contribution in [3.05, 3.63) is 65.2 Å². The molecule has 0 aliphatic rings. The molecule has 0 fully saturated rings. The minimum Gasteiger partial charge on any atom is -0.482 e. The van der Waals surface area contributed by atoms with E-state index in [9.17, 15) is 4.79 Å². The number of hydrogen-bond donors (Lipinski definition) is 0. The third-order valence-electron chi connectivity index (χ3n) is 3.04. The molecule has 0 saturated carbocycles. The number of benzene rings is 2. The predicted molar refractivity (Wildman–Crippen MR) is 88.0 cm³/mol. The third-order valence-corrected chi connectivity index (χ3v) is 3.04. The molecule has 118 valence electrons. The van der Waals surface area contributed by atoms with Crippen LogP contribution in [0, 0.1) is 29.6 Å². The lowest BCUT2D eigenvalue weighted by molar-refractivity contribution is -0.136. The van der Waals surface area contributed by atoms with Crippen LogP contribution in [0.4, 0.5) is 0 Å². The lowest BCUT2D eigenvalue weighted by Crippen LogP contribution is -2.17. The number of rotatable bonds is 5. The molecule has 24 heavy (non-hydrogen) atoms. The van der Waals surface area contributed by atoms with E-state index in [1.165, 1.54) is 6.08 Å². The van der Waals surface area contributed by atoms with Crippen LogP contribution in [0.5, 0.6) is 11.5 Å². The highest BCUT2D eigenvalue weighted by atomic mass is 16.6. The Morgan fingerprint density at radius 2 is 1.58 bits per heavy atom. The maximum absolute atomic E-state index is 11.8. The van der Waals surface area contributed by atoms with Crippen LogP contribution in [0.15, 0.2) is 54.1 Å². The Morgan fingerprint density at radius 1 is 1.00 bits per heavy atom. The molecule has 0 N–H and O–H groups in total. The summed E-state index contributed by atoms with van der Waals surface area (Å²) in [7, 11) is 0. The average molecular weight is 318 g/mol. The van der Waals surface area contributed by atoms with E-state index in [1.54, 1.807) is 48.5 Å². The number of hydrogen-bond acceptors (Lipinski definition) is 5. The van der Waals surface area contributed by atoms with Gasteiger partial charge in [0.05, 0.1) is 0 Å². The van der Waals surface area contributed by atoms with Gasteiger partial charge in [0.15, 0.2) is 6.61 Å². The smallest absolute Gasteiger partial charge is 0.349 e. The van der Waals surface area contributed by atoms with Crippen LogP contribution < -0.4 is 9.47 Å². The van der Waals surface area contributed by atoms with Gasteiger partial charge in [0.25, 0.3) is 0 Å². The van der Waals surface area contributed by atoms with Crippen LogP contribution in [-0.4, -0.2) is 12.6 Å². The van der Waals surface area contributed by atoms with Crippen molar-refractivity contribution in [1.29, 1.82) is 10.5 Å². The molecule has 0 unspecified atom stereocenters. The molecule has 0 aromatic heterocycles. The Balaban J connectivity index is 1.90. The number of nitriles is 2. The van der Waals surface area contributed by atoms with Gasteiger partial charge < -0.3 is 9.47 Å². The topological polar surface area (TPSA) is 83.1 Å². The Hall–Kier alpha value is -3.57. The van der Waals surface area contributed by atoms with Crippen molar-refractivity contribution in [3.63, 3.8) is 0 Å². The zero-order valence-corrected chi connectivity index (χ0v) is 13.0. The van der Waals surface area contributed by atoms with E-state index in [4.69, 9.17) is 20.0 Å². The van der Waals surface area contributed by atoms with Crippen LogP contribution >= 0.6 is 0 Å². The fourth-order valence-corrected chi connectivity index (χ4v) is 1.83. The summed E-state index contributed by atoms with van der Waals surface area (Å²) in [5, 5.41) is 17.4. The Bertz CT molecular complexity index is 807. The summed E-state index contributed by atoms with van der Waals surface area (Å²) >= 11 is 0. The molecule has 0 amide bonds. The van der Waals surface area contributed by atoms with Crippen LogP contribution in [0.25, 0.3) is 6.08 Å². The predicted octanol–water partition coefficient (Wildman–Crippen LogP) is 3.41. The molecule has 0 aliphatic carbocycles. The Kier molecular flexibility index (Phi) is 5.71. The van der Waals surface area contributed by atoms with Gasteiger partial charge in [-0.3, -0.25) is 0 Å². The molecular formula is C19H14N2O3. The van der Waals surface area contributed by atoms with Crippen molar-refractivity contribution in [2.45, 2.75) is 6.92 Å². The molecule has 2 rings (SSSR count). The Morgan fingerprint density at radius 3 is 2.17 bits per heavy atom. The first-order valence-electron chi connectivity index (χ1n) is 7.13. The number of allylic oxidation sites excluding steroid dienone is 1. The second-order valence-electron chi connectivity index (χ2n) is 4.93. The first-order valence-corrected chi connectivity index (χ1v) is 7.13. The van der Waals surface area contributed by atoms with E-state index in [0.29, 0.717) is 17.1 Å². The van der Waals surface area contributed by atoms with E-state index in [-0.39, 0.29) is 12.2 Å².